The Kier molecular flexibility index (Phi) is 10.4. The van der Waals surface area contributed by atoms with E-state index in [0.29, 0.717) is 18.4 Å². The van der Waals surface area contributed by atoms with Crippen LogP contribution in [0.3, 0.4) is 0 Å². The fraction of sp³-hybridized carbons (Fsp3) is 0.667. The van der Waals surface area contributed by atoms with Crippen molar-refractivity contribution in [2.45, 2.75) is 52.5 Å². The topological polar surface area (TPSA) is 104 Å². The van der Waals surface area contributed by atoms with Crippen LogP contribution in [0.25, 0.3) is 11.1 Å². The van der Waals surface area contributed by atoms with Crippen LogP contribution in [0.5, 0.6) is 11.8 Å². The van der Waals surface area contributed by atoms with Gasteiger partial charge < -0.3 is 33.5 Å². The van der Waals surface area contributed by atoms with Crippen molar-refractivity contribution < 1.29 is 23.7 Å². The van der Waals surface area contributed by atoms with Crippen molar-refractivity contribution >= 4 is 34.6 Å². The zero-order chi connectivity index (χ0) is 26.2. The molecule has 0 saturated carbocycles. The van der Waals surface area contributed by atoms with Gasteiger partial charge in [-0.15, -0.1) is 8.75 Å². The summed E-state index contributed by atoms with van der Waals surface area (Å²) >= 11 is 2.25. The van der Waals surface area contributed by atoms with E-state index in [1.807, 2.05) is 6.92 Å². The lowest BCUT2D eigenvalue weighted by Gasteiger charge is -2.26. The maximum atomic E-state index is 6.05. The monoisotopic (exact) mass is 552 g/mol. The van der Waals surface area contributed by atoms with Crippen LogP contribution >= 0.6 is 23.5 Å². The molecule has 0 amide bonds. The van der Waals surface area contributed by atoms with Crippen LogP contribution in [-0.4, -0.2) is 99.7 Å². The minimum absolute atomic E-state index is 0.216. The van der Waals surface area contributed by atoms with Gasteiger partial charge in [-0.1, -0.05) is 12.2 Å². The molecule has 2 atom stereocenters. The third kappa shape index (κ3) is 7.99. The van der Waals surface area contributed by atoms with Crippen LogP contribution in [0, 0.1) is 0 Å². The molecule has 2 aromatic heterocycles. The summed E-state index contributed by atoms with van der Waals surface area (Å²) in [5.74, 6) is 0.921. The average molecular weight is 553 g/mol. The number of rotatable bonds is 13. The first kappa shape index (κ1) is 28.0. The molecule has 13 heteroatoms. The summed E-state index contributed by atoms with van der Waals surface area (Å²) in [5.41, 5.74) is 3.75. The van der Waals surface area contributed by atoms with Crippen molar-refractivity contribution in [1.82, 2.24) is 27.3 Å². The van der Waals surface area contributed by atoms with Gasteiger partial charge in [0.05, 0.1) is 30.1 Å². The van der Waals surface area contributed by atoms with Gasteiger partial charge in [-0.2, -0.15) is 8.75 Å². The molecule has 0 aromatic carbocycles. The molecule has 2 aromatic rings. The molecule has 37 heavy (non-hydrogen) atoms. The number of aromatic nitrogens is 4. The molecular formula is C24H36N6O5S2. The highest BCUT2D eigenvalue weighted by Crippen LogP contribution is 2.29. The number of hydrogen-bond acceptors (Lipinski definition) is 13. The van der Waals surface area contributed by atoms with Gasteiger partial charge in [-0.25, -0.2) is 0 Å². The van der Waals surface area contributed by atoms with E-state index >= 15 is 0 Å². The maximum Gasteiger partial charge on any atom is 0.255 e. The molecule has 2 aliphatic rings. The molecular weight excluding hydrogens is 516 g/mol. The molecule has 4 heterocycles. The van der Waals surface area contributed by atoms with Crippen LogP contribution in [0.1, 0.15) is 45.0 Å². The van der Waals surface area contributed by atoms with Gasteiger partial charge in [0.2, 0.25) is 12.6 Å². The summed E-state index contributed by atoms with van der Waals surface area (Å²) in [6.45, 7) is 9.93. The Morgan fingerprint density at radius 2 is 1.30 bits per heavy atom. The fourth-order valence-corrected chi connectivity index (χ4v) is 5.20. The summed E-state index contributed by atoms with van der Waals surface area (Å²) in [6, 6.07) is 0. The van der Waals surface area contributed by atoms with E-state index in [1.54, 1.807) is 13.8 Å². The second-order valence-electron chi connectivity index (χ2n) is 9.08. The van der Waals surface area contributed by atoms with Gasteiger partial charge in [0.15, 0.2) is 6.29 Å². The zero-order valence-corrected chi connectivity index (χ0v) is 23.7. The molecule has 4 rings (SSSR count). The largest absolute Gasteiger partial charge is 0.446 e. The molecule has 0 spiro atoms. The lowest BCUT2D eigenvalue weighted by molar-refractivity contribution is -0.270. The summed E-state index contributed by atoms with van der Waals surface area (Å²) in [4.78, 5) is 4.50. The van der Waals surface area contributed by atoms with Crippen molar-refractivity contribution in [3.05, 3.63) is 23.5 Å². The van der Waals surface area contributed by atoms with Crippen LogP contribution < -0.4 is 9.47 Å². The fourth-order valence-electron chi connectivity index (χ4n) is 4.16. The standard InChI is InChI=1S/C24H36N6O5S2/c1-6-31-15-20(32-16(2)34-23-21(25-36-27-23)18-9-7-11-29(4)13-18)33-17(3)35-24-22(26-37-28-24)19-10-8-12-30(5)14-19/h9-10,16-17,20H,6-8,11-15H2,1-5H3. The number of ether oxygens (including phenoxy) is 5. The van der Waals surface area contributed by atoms with E-state index in [2.05, 4.69) is 53.5 Å². The SMILES string of the molecule is CCOCC(OC(C)Oc1nsnc1C1=CCCN(C)C1)OC(C)Oc1nsnc1C1=CCCN(C)C1. The van der Waals surface area contributed by atoms with Gasteiger partial charge in [-0.05, 0) is 58.9 Å². The molecule has 2 unspecified atom stereocenters. The van der Waals surface area contributed by atoms with Crippen molar-refractivity contribution in [3.8, 4) is 11.8 Å². The van der Waals surface area contributed by atoms with Crippen LogP contribution in [0.15, 0.2) is 12.2 Å². The molecule has 204 valence electrons. The molecule has 0 saturated heterocycles. The van der Waals surface area contributed by atoms with E-state index in [9.17, 15) is 0 Å². The second-order valence-corrected chi connectivity index (χ2v) is 10.1. The summed E-state index contributed by atoms with van der Waals surface area (Å²) in [6.07, 6.45) is 4.30. The highest BCUT2D eigenvalue weighted by Gasteiger charge is 2.25. The zero-order valence-electron chi connectivity index (χ0n) is 22.1. The maximum absolute atomic E-state index is 6.05. The lowest BCUT2D eigenvalue weighted by Crippen LogP contribution is -2.35. The molecule has 11 nitrogen and oxygen atoms in total. The normalized spacial score (nSPS) is 19.7. The summed E-state index contributed by atoms with van der Waals surface area (Å²) < 4.78 is 47.3. The van der Waals surface area contributed by atoms with Crippen molar-refractivity contribution in [2.75, 3.05) is 53.5 Å². The molecule has 2 aliphatic heterocycles. The molecule has 0 N–H and O–H groups in total. The first-order valence-corrected chi connectivity index (χ1v) is 14.0. The predicted molar refractivity (Wildman–Crippen MR) is 143 cm³/mol. The van der Waals surface area contributed by atoms with Crippen molar-refractivity contribution in [3.63, 3.8) is 0 Å². The first-order valence-electron chi connectivity index (χ1n) is 12.6. The van der Waals surface area contributed by atoms with E-state index in [0.717, 1.165) is 85.0 Å². The minimum atomic E-state index is -0.727. The third-order valence-electron chi connectivity index (χ3n) is 5.91. The smallest absolute Gasteiger partial charge is 0.255 e. The van der Waals surface area contributed by atoms with Gasteiger partial charge in [-0.3, -0.25) is 0 Å². The van der Waals surface area contributed by atoms with Crippen molar-refractivity contribution in [2.24, 2.45) is 0 Å². The van der Waals surface area contributed by atoms with Crippen LogP contribution in [0.2, 0.25) is 0 Å². The van der Waals surface area contributed by atoms with Crippen LogP contribution in [-0.2, 0) is 14.2 Å². The van der Waals surface area contributed by atoms with E-state index in [1.165, 1.54) is 0 Å². The first-order chi connectivity index (χ1) is 17.9. The number of nitrogens with zero attached hydrogens (tertiary/aromatic N) is 6. The molecule has 0 aliphatic carbocycles. The average Bonchev–Trinajstić information content (AvgIpc) is 3.52. The third-order valence-corrected chi connectivity index (χ3v) is 6.93. The summed E-state index contributed by atoms with van der Waals surface area (Å²) in [7, 11) is 4.18. The van der Waals surface area contributed by atoms with Gasteiger partial charge in [0.1, 0.15) is 11.4 Å². The van der Waals surface area contributed by atoms with Crippen LogP contribution in [0.4, 0.5) is 0 Å². The Morgan fingerprint density at radius 1 is 0.811 bits per heavy atom. The molecule has 0 radical (unpaired) electrons. The predicted octanol–water partition coefficient (Wildman–Crippen LogP) is 3.37. The highest BCUT2D eigenvalue weighted by atomic mass is 32.1. The second kappa shape index (κ2) is 13.7. The number of likely N-dealkylation sites (N-methyl/N-ethyl adjacent to an activating group) is 2. The molecule has 0 fully saturated rings. The Balaban J connectivity index is 1.35. The Morgan fingerprint density at radius 3 is 1.73 bits per heavy atom. The van der Waals surface area contributed by atoms with E-state index < -0.39 is 18.9 Å². The number of hydrogen-bond donors (Lipinski definition) is 0. The van der Waals surface area contributed by atoms with Gasteiger partial charge in [0.25, 0.3) is 11.8 Å². The Labute approximate surface area is 226 Å². The Bertz CT molecular complexity index is 982. The highest BCUT2D eigenvalue weighted by molar-refractivity contribution is 6.99. The quantitative estimate of drug-likeness (QED) is 0.342. The van der Waals surface area contributed by atoms with Crippen molar-refractivity contribution in [1.29, 1.82) is 0 Å². The van der Waals surface area contributed by atoms with Gasteiger partial charge in [0, 0.05) is 32.8 Å². The summed E-state index contributed by atoms with van der Waals surface area (Å²) in [5, 5.41) is 0. The van der Waals surface area contributed by atoms with E-state index in [4.69, 9.17) is 23.7 Å². The minimum Gasteiger partial charge on any atom is -0.446 e. The lowest BCUT2D eigenvalue weighted by atomic mass is 10.1. The van der Waals surface area contributed by atoms with E-state index in [-0.39, 0.29) is 6.61 Å². The Hall–Kier alpha value is -2.00. The van der Waals surface area contributed by atoms with Gasteiger partial charge >= 0.3 is 0 Å². The molecule has 0 bridgehead atoms.